The molecule has 5 aromatic rings. The van der Waals surface area contributed by atoms with E-state index in [1.165, 1.54) is 4.90 Å². The molecule has 3 atom stereocenters. The summed E-state index contributed by atoms with van der Waals surface area (Å²) < 4.78 is 74.8. The van der Waals surface area contributed by atoms with Crippen LogP contribution in [0.5, 0.6) is 0 Å². The Balaban J connectivity index is 1.28. The third-order valence-electron chi connectivity index (χ3n) is 10.8. The van der Waals surface area contributed by atoms with Crippen molar-refractivity contribution in [3.63, 3.8) is 0 Å². The molecule has 0 bridgehead atoms. The predicted octanol–water partition coefficient (Wildman–Crippen LogP) is 7.18. The minimum atomic E-state index is -3.39. The highest BCUT2D eigenvalue weighted by atomic mass is 28.4. The largest absolute Gasteiger partial charge is 0.401 e. The van der Waals surface area contributed by atoms with Crippen LogP contribution in [0, 0.1) is 17.6 Å². The summed E-state index contributed by atoms with van der Waals surface area (Å²) in [4.78, 5) is 1.52. The van der Waals surface area contributed by atoms with Crippen molar-refractivity contribution in [1.82, 2.24) is 14.8 Å². The zero-order valence-corrected chi connectivity index (χ0v) is 30.4. The van der Waals surface area contributed by atoms with E-state index in [9.17, 15) is 5.11 Å². The lowest BCUT2D eigenvalue weighted by molar-refractivity contribution is -0.0854. The smallest absolute Gasteiger partial charge is 0.282 e. The maximum Gasteiger partial charge on any atom is 0.282 e. The van der Waals surface area contributed by atoms with Crippen molar-refractivity contribution in [2.24, 2.45) is 5.92 Å². The van der Waals surface area contributed by atoms with Crippen LogP contribution >= 0.6 is 0 Å². The van der Waals surface area contributed by atoms with E-state index in [1.807, 2.05) is 123 Å². The van der Waals surface area contributed by atoms with Crippen LogP contribution in [0.1, 0.15) is 56.7 Å². The van der Waals surface area contributed by atoms with Gasteiger partial charge in [0.05, 0.1) is 25.3 Å². The summed E-state index contributed by atoms with van der Waals surface area (Å²) in [7, 11) is -3.30. The lowest BCUT2D eigenvalue weighted by atomic mass is 9.88. The second-order valence-electron chi connectivity index (χ2n) is 15.2. The van der Waals surface area contributed by atoms with Crippen LogP contribution in [-0.4, -0.2) is 61.1 Å². The van der Waals surface area contributed by atoms with Crippen molar-refractivity contribution in [3.8, 4) is 0 Å². The van der Waals surface area contributed by atoms with Gasteiger partial charge >= 0.3 is 0 Å². The predicted molar refractivity (Wildman–Crippen MR) is 196 cm³/mol. The van der Waals surface area contributed by atoms with Gasteiger partial charge in [0.25, 0.3) is 14.2 Å². The molecule has 2 aliphatic rings. The molecule has 0 spiro atoms. The van der Waals surface area contributed by atoms with Crippen LogP contribution in [0.4, 0.5) is 17.6 Å². The molecule has 2 N–H and O–H groups in total. The molecule has 268 valence electrons. The van der Waals surface area contributed by atoms with Gasteiger partial charge in [-0.15, -0.1) is 0 Å². The maximum atomic E-state index is 16.7. The molecule has 1 fully saturated rings. The van der Waals surface area contributed by atoms with Crippen molar-refractivity contribution in [3.05, 3.63) is 132 Å². The lowest BCUT2D eigenvalue weighted by Gasteiger charge is -2.45. The first-order valence-corrected chi connectivity index (χ1v) is 19.6. The van der Waals surface area contributed by atoms with E-state index in [2.05, 4.69) is 5.32 Å². The van der Waals surface area contributed by atoms with Crippen molar-refractivity contribution < 1.29 is 27.1 Å². The van der Waals surface area contributed by atoms with Crippen LogP contribution in [0.15, 0.2) is 103 Å². The number of aliphatic hydroxyl groups is 1. The summed E-state index contributed by atoms with van der Waals surface area (Å²) in [6.07, 6.45) is -1.04. The average Bonchev–Trinajstić information content (AvgIpc) is 3.43. The van der Waals surface area contributed by atoms with Crippen LogP contribution in [-0.2, 0) is 11.0 Å². The third-order valence-corrected chi connectivity index (χ3v) is 15.8. The van der Waals surface area contributed by atoms with Crippen molar-refractivity contribution >= 4 is 29.6 Å². The van der Waals surface area contributed by atoms with E-state index < -0.39 is 62.3 Å². The number of benzene rings is 4. The van der Waals surface area contributed by atoms with Gasteiger partial charge in [0, 0.05) is 48.4 Å². The third kappa shape index (κ3) is 6.46. The Hall–Kier alpha value is -3.80. The number of fused-ring (bicyclic) bond motifs is 3. The fourth-order valence-electron chi connectivity index (χ4n) is 8.15. The summed E-state index contributed by atoms with van der Waals surface area (Å²) in [5.74, 6) is -5.29. The highest BCUT2D eigenvalue weighted by molar-refractivity contribution is 6.99. The molecule has 0 amide bonds. The Morgan fingerprint density at radius 3 is 1.98 bits per heavy atom. The molecular weight excluding hydrogens is 671 g/mol. The van der Waals surface area contributed by atoms with Crippen molar-refractivity contribution in [2.45, 2.75) is 63.4 Å². The first-order chi connectivity index (χ1) is 24.3. The van der Waals surface area contributed by atoms with Crippen LogP contribution in [0.25, 0.3) is 10.9 Å². The highest BCUT2D eigenvalue weighted by Crippen LogP contribution is 2.43. The Morgan fingerprint density at radius 1 is 0.863 bits per heavy atom. The van der Waals surface area contributed by atoms with Crippen molar-refractivity contribution in [1.29, 1.82) is 0 Å². The zero-order valence-electron chi connectivity index (χ0n) is 29.4. The Morgan fingerprint density at radius 2 is 1.43 bits per heavy atom. The topological polar surface area (TPSA) is 49.7 Å². The van der Waals surface area contributed by atoms with Gasteiger partial charge in [0.1, 0.15) is 11.6 Å². The second-order valence-corrected chi connectivity index (χ2v) is 19.5. The fraction of sp³-hybridized carbons (Fsp3) is 0.366. The van der Waals surface area contributed by atoms with E-state index in [-0.39, 0.29) is 17.0 Å². The highest BCUT2D eigenvalue weighted by Gasteiger charge is 2.52. The van der Waals surface area contributed by atoms with E-state index in [1.54, 1.807) is 0 Å². The number of nitrogens with one attached hydrogen (secondary N) is 1. The van der Waals surface area contributed by atoms with Crippen LogP contribution in [0.3, 0.4) is 0 Å². The fourth-order valence-corrected chi connectivity index (χ4v) is 12.7. The summed E-state index contributed by atoms with van der Waals surface area (Å²) in [6, 6.07) is 29.4. The zero-order chi connectivity index (χ0) is 36.1. The molecule has 3 heterocycles. The Labute approximate surface area is 298 Å². The summed E-state index contributed by atoms with van der Waals surface area (Å²) in [5.41, 5.74) is 1.24. The molecule has 0 saturated carbocycles. The number of nitrogens with zero attached hydrogens (tertiary/aromatic N) is 2. The monoisotopic (exact) mass is 715 g/mol. The minimum absolute atomic E-state index is 0.139. The van der Waals surface area contributed by atoms with Crippen LogP contribution < -0.4 is 15.7 Å². The molecule has 1 saturated heterocycles. The van der Waals surface area contributed by atoms with Gasteiger partial charge in [-0.05, 0) is 57.6 Å². The van der Waals surface area contributed by atoms with E-state index in [4.69, 9.17) is 4.43 Å². The standard InChI is InChI=1S/C41H45F4N3O2Si/c1-27-24-47-35-18-12-11-13-28(35)21-36(47)38(37-33(42)19-29(20-34(37)43)39(49)30-22-46-23-30)48(27)25-41(44,45)26-50-51(40(2,3)4,31-14-7-5-8-15-31)32-16-9-6-10-17-32/h5-21,27,30,38-39,46,49H,22-26H2,1-4H3/t27-,38+,39?/m1/s1. The number of hydrogen-bond acceptors (Lipinski definition) is 4. The average molecular weight is 716 g/mol. The molecular formula is C41H45F4N3O2Si. The maximum absolute atomic E-state index is 16.7. The molecule has 51 heavy (non-hydrogen) atoms. The number of aromatic nitrogens is 1. The number of halogens is 4. The first-order valence-electron chi connectivity index (χ1n) is 17.6. The number of aliphatic hydroxyl groups excluding tert-OH is 1. The molecule has 7 rings (SSSR count). The SMILES string of the molecule is C[C@@H]1Cn2c(cc3ccccc32)[C@@H](c2c(F)cc(C(O)C3CNC3)cc2F)N1CC(F)(F)CO[Si](c1ccccc1)(c1ccccc1)C(C)(C)C. The quantitative estimate of drug-likeness (QED) is 0.119. The molecule has 1 unspecified atom stereocenters. The Bertz CT molecular complexity index is 1930. The van der Waals surface area contributed by atoms with Gasteiger partial charge in [-0.25, -0.2) is 17.6 Å². The molecule has 0 radical (unpaired) electrons. The van der Waals surface area contributed by atoms with Crippen molar-refractivity contribution in [2.75, 3.05) is 26.2 Å². The molecule has 10 heteroatoms. The summed E-state index contributed by atoms with van der Waals surface area (Å²) >= 11 is 0. The van der Waals surface area contributed by atoms with Crippen LogP contribution in [0.2, 0.25) is 5.04 Å². The van der Waals surface area contributed by atoms with E-state index >= 15 is 17.6 Å². The molecule has 2 aliphatic heterocycles. The van der Waals surface area contributed by atoms with Gasteiger partial charge < -0.3 is 19.4 Å². The van der Waals surface area contributed by atoms with Gasteiger partial charge in [0.2, 0.25) is 0 Å². The summed E-state index contributed by atoms with van der Waals surface area (Å²) in [5, 5.41) is 16.0. The molecule has 1 aromatic heterocycles. The van der Waals surface area contributed by atoms with Gasteiger partial charge in [-0.2, -0.15) is 0 Å². The molecule has 4 aromatic carbocycles. The van der Waals surface area contributed by atoms with Gasteiger partial charge in [-0.1, -0.05) is 99.6 Å². The normalized spacial score (nSPS) is 19.5. The minimum Gasteiger partial charge on any atom is -0.401 e. The molecule has 5 nitrogen and oxygen atoms in total. The molecule has 0 aliphatic carbocycles. The van der Waals surface area contributed by atoms with E-state index in [0.717, 1.165) is 33.4 Å². The van der Waals surface area contributed by atoms with Gasteiger partial charge in [0.15, 0.2) is 0 Å². The van der Waals surface area contributed by atoms with Gasteiger partial charge in [-0.3, -0.25) is 4.90 Å². The lowest BCUT2D eigenvalue weighted by Crippen LogP contribution is -2.67. The number of para-hydroxylation sites is 1. The number of hydrogen-bond donors (Lipinski definition) is 2. The number of rotatable bonds is 10. The Kier molecular flexibility index (Phi) is 9.52. The van der Waals surface area contributed by atoms with E-state index in [0.29, 0.717) is 25.3 Å². The first kappa shape index (κ1) is 35.6. The second kappa shape index (κ2) is 13.6. The summed E-state index contributed by atoms with van der Waals surface area (Å²) in [6.45, 7) is 7.73. The number of alkyl halides is 2.